The lowest BCUT2D eigenvalue weighted by atomic mass is 10.0. The average molecular weight is 942 g/mol. The molecule has 0 spiro atoms. The monoisotopic (exact) mass is 941 g/mol. The Morgan fingerprint density at radius 1 is 0.371 bits per heavy atom. The number of thiophene rings is 3. The molecule has 6 aromatic heterocycles. The molecule has 6 heterocycles. The molecule has 16 rings (SSSR count). The summed E-state index contributed by atoms with van der Waals surface area (Å²) in [4.78, 5) is 4.65. The van der Waals surface area contributed by atoms with Gasteiger partial charge in [-0.3, -0.25) is 0 Å². The van der Waals surface area contributed by atoms with Crippen LogP contribution in [0.2, 0.25) is 0 Å². The molecule has 0 bridgehead atoms. The highest BCUT2D eigenvalue weighted by Gasteiger charge is 2.30. The standard InChI is InChI=1S/C62H31N5S3/c1-64-55-51(66-48-21-9-3-15-35(48)41-27-30-44-38-18-6-12-24-53(38)69-61(44)58(41)66)32-50(65-47-20-8-2-14-34(47)40-26-29-43-37-17-5-11-23-52(37)68-60(43)57(40)65)46(33-63)56(55)67-49-22-10-4-16-36(49)42-28-31-45-39-19-7-13-25-54(39)70-62(45)59(42)67/h2-32H. The van der Waals surface area contributed by atoms with Gasteiger partial charge in [-0.25, -0.2) is 4.85 Å². The minimum absolute atomic E-state index is 0.412. The van der Waals surface area contributed by atoms with Crippen LogP contribution in [0.4, 0.5) is 5.69 Å². The van der Waals surface area contributed by atoms with E-state index in [9.17, 15) is 11.8 Å². The summed E-state index contributed by atoms with van der Waals surface area (Å²) < 4.78 is 14.0. The van der Waals surface area contributed by atoms with Crippen molar-refractivity contribution >= 4 is 166 Å². The molecule has 0 fully saturated rings. The van der Waals surface area contributed by atoms with E-state index in [1.165, 1.54) is 41.0 Å². The Bertz CT molecular complexity index is 4890. The second-order valence-electron chi connectivity index (χ2n) is 18.1. The van der Waals surface area contributed by atoms with Crippen molar-refractivity contribution in [2.75, 3.05) is 0 Å². The van der Waals surface area contributed by atoms with Crippen LogP contribution in [0.25, 0.3) is 148 Å². The fraction of sp³-hybridized carbons (Fsp3) is 0. The zero-order chi connectivity index (χ0) is 45.9. The number of aromatic nitrogens is 3. The molecule has 5 nitrogen and oxygen atoms in total. The predicted molar refractivity (Wildman–Crippen MR) is 299 cm³/mol. The largest absolute Gasteiger partial charge is 0.318 e. The average Bonchev–Trinajstić information content (AvgIpc) is 4.26. The van der Waals surface area contributed by atoms with Gasteiger partial charge in [-0.2, -0.15) is 5.26 Å². The molecule has 16 aromatic rings. The third kappa shape index (κ3) is 4.82. The van der Waals surface area contributed by atoms with Crippen molar-refractivity contribution in [3.8, 4) is 23.1 Å². The van der Waals surface area contributed by atoms with Gasteiger partial charge in [0.2, 0.25) is 5.69 Å². The van der Waals surface area contributed by atoms with Gasteiger partial charge in [-0.05, 0) is 42.5 Å². The molecule has 0 aliphatic carbocycles. The Balaban J connectivity index is 1.18. The van der Waals surface area contributed by atoms with Crippen LogP contribution in [0.15, 0.2) is 188 Å². The maximum Gasteiger partial charge on any atom is 0.235 e. The normalized spacial score (nSPS) is 12.3. The molecule has 0 aliphatic rings. The van der Waals surface area contributed by atoms with Gasteiger partial charge >= 0.3 is 0 Å². The van der Waals surface area contributed by atoms with E-state index >= 15 is 0 Å². The van der Waals surface area contributed by atoms with Crippen LogP contribution in [0, 0.1) is 17.9 Å². The van der Waals surface area contributed by atoms with E-state index in [0.29, 0.717) is 16.9 Å². The van der Waals surface area contributed by atoms with E-state index in [0.717, 1.165) is 96.3 Å². The van der Waals surface area contributed by atoms with Gasteiger partial charge in [0.15, 0.2) is 0 Å². The molecule has 0 N–H and O–H groups in total. The highest BCUT2D eigenvalue weighted by atomic mass is 32.1. The Labute approximate surface area is 410 Å². The molecule has 0 aliphatic heterocycles. The number of fused-ring (bicyclic) bond motifs is 21. The second kappa shape index (κ2) is 13.9. The van der Waals surface area contributed by atoms with Gasteiger partial charge in [0.1, 0.15) is 6.07 Å². The summed E-state index contributed by atoms with van der Waals surface area (Å²) in [5, 5.41) is 25.9. The number of nitrogens with zero attached hydrogens (tertiary/aromatic N) is 5. The van der Waals surface area contributed by atoms with Gasteiger partial charge < -0.3 is 13.7 Å². The Morgan fingerprint density at radius 2 is 0.714 bits per heavy atom. The molecule has 322 valence electrons. The van der Waals surface area contributed by atoms with Gasteiger partial charge in [-0.1, -0.05) is 146 Å². The number of hydrogen-bond donors (Lipinski definition) is 0. The van der Waals surface area contributed by atoms with E-state index in [1.807, 2.05) is 0 Å². The number of rotatable bonds is 3. The maximum atomic E-state index is 12.2. The van der Waals surface area contributed by atoms with E-state index in [1.54, 1.807) is 34.0 Å². The summed E-state index contributed by atoms with van der Waals surface area (Å²) in [5.74, 6) is 0. The minimum atomic E-state index is 0.412. The molecule has 0 atom stereocenters. The summed E-state index contributed by atoms with van der Waals surface area (Å²) in [6.07, 6.45) is 0. The molecule has 8 heteroatoms. The van der Waals surface area contributed by atoms with Crippen molar-refractivity contribution in [1.29, 1.82) is 5.26 Å². The summed E-state index contributed by atoms with van der Waals surface area (Å²) in [5.41, 5.74) is 8.89. The first-order valence-electron chi connectivity index (χ1n) is 23.2. The van der Waals surface area contributed by atoms with E-state index in [2.05, 4.69) is 213 Å². The number of nitriles is 1. The zero-order valence-corrected chi connectivity index (χ0v) is 39.3. The van der Waals surface area contributed by atoms with Crippen LogP contribution in [0.5, 0.6) is 0 Å². The van der Waals surface area contributed by atoms with Gasteiger partial charge in [0.05, 0.1) is 76.4 Å². The fourth-order valence-corrected chi connectivity index (χ4v) is 15.6. The van der Waals surface area contributed by atoms with Crippen molar-refractivity contribution in [3.05, 3.63) is 205 Å². The van der Waals surface area contributed by atoms with Crippen molar-refractivity contribution in [1.82, 2.24) is 13.7 Å². The Kier molecular flexibility index (Phi) is 7.60. The third-order valence-electron chi connectivity index (χ3n) is 14.7. The number of benzene rings is 10. The summed E-state index contributed by atoms with van der Waals surface area (Å²) in [6.45, 7) is 9.50. The molecule has 0 saturated carbocycles. The topological polar surface area (TPSA) is 42.9 Å². The molecule has 0 radical (unpaired) electrons. The first-order chi connectivity index (χ1) is 34.7. The fourth-order valence-electron chi connectivity index (χ4n) is 11.8. The quantitative estimate of drug-likeness (QED) is 0.163. The van der Waals surface area contributed by atoms with E-state index in [-0.39, 0.29) is 0 Å². The molecule has 70 heavy (non-hydrogen) atoms. The van der Waals surface area contributed by atoms with Crippen LogP contribution in [0.1, 0.15) is 5.56 Å². The highest BCUT2D eigenvalue weighted by Crippen LogP contribution is 2.51. The molecule has 0 amide bonds. The van der Waals surface area contributed by atoms with Gasteiger partial charge in [0.25, 0.3) is 0 Å². The van der Waals surface area contributed by atoms with Crippen LogP contribution in [-0.2, 0) is 0 Å². The minimum Gasteiger partial charge on any atom is -0.318 e. The Morgan fingerprint density at radius 3 is 1.13 bits per heavy atom. The SMILES string of the molecule is [C-]#[N+]c1c(-n2c3ccccc3c3ccc4c5ccccc5sc4c32)cc(-n2c3ccccc3c3ccc4c5ccccc5sc4c32)c(C#N)c1-n1c2ccccc2c2ccc3c4ccccc4sc3c21. The van der Waals surface area contributed by atoms with E-state index in [4.69, 9.17) is 0 Å². The van der Waals surface area contributed by atoms with Gasteiger partial charge in [-0.15, -0.1) is 34.0 Å². The van der Waals surface area contributed by atoms with E-state index < -0.39 is 0 Å². The Hall–Kier alpha value is -8.76. The van der Waals surface area contributed by atoms with Crippen LogP contribution in [-0.4, -0.2) is 13.7 Å². The lowest BCUT2D eigenvalue weighted by Crippen LogP contribution is -2.08. The number of para-hydroxylation sites is 3. The summed E-state index contributed by atoms with van der Waals surface area (Å²) >= 11 is 5.36. The van der Waals surface area contributed by atoms with Crippen molar-refractivity contribution in [2.24, 2.45) is 0 Å². The predicted octanol–water partition coefficient (Wildman–Crippen LogP) is 18.5. The molecule has 0 saturated heterocycles. The van der Waals surface area contributed by atoms with Crippen LogP contribution < -0.4 is 0 Å². The smallest absolute Gasteiger partial charge is 0.235 e. The van der Waals surface area contributed by atoms with Gasteiger partial charge in [0, 0.05) is 78.7 Å². The second-order valence-corrected chi connectivity index (χ2v) is 21.2. The number of hydrogen-bond acceptors (Lipinski definition) is 4. The summed E-state index contributed by atoms with van der Waals surface area (Å²) in [7, 11) is 0. The first kappa shape index (κ1) is 38.2. The molecule has 10 aromatic carbocycles. The molecular weight excluding hydrogens is 911 g/mol. The highest BCUT2D eigenvalue weighted by molar-refractivity contribution is 7.27. The zero-order valence-electron chi connectivity index (χ0n) is 36.9. The van der Waals surface area contributed by atoms with Crippen molar-refractivity contribution < 1.29 is 0 Å². The van der Waals surface area contributed by atoms with Crippen molar-refractivity contribution in [3.63, 3.8) is 0 Å². The van der Waals surface area contributed by atoms with Crippen LogP contribution >= 0.6 is 34.0 Å². The molecular formula is C62H31N5S3. The van der Waals surface area contributed by atoms with Crippen molar-refractivity contribution in [2.45, 2.75) is 0 Å². The third-order valence-corrected chi connectivity index (χ3v) is 18.3. The lowest BCUT2D eigenvalue weighted by Gasteiger charge is -2.22. The first-order valence-corrected chi connectivity index (χ1v) is 25.6. The molecule has 0 unspecified atom stereocenters. The lowest BCUT2D eigenvalue weighted by molar-refractivity contribution is 1.10. The maximum absolute atomic E-state index is 12.2. The summed E-state index contributed by atoms with van der Waals surface area (Å²) in [6, 6.07) is 70.1. The van der Waals surface area contributed by atoms with Crippen LogP contribution in [0.3, 0.4) is 0 Å².